The number of unbranched alkanes of at least 4 members (excludes halogenated alkanes) is 1. The first-order valence-electron chi connectivity index (χ1n) is 13.0. The van der Waals surface area contributed by atoms with Gasteiger partial charge in [-0.1, -0.05) is 48.0 Å². The molecular weight excluding hydrogens is 612 g/mol. The van der Waals surface area contributed by atoms with Gasteiger partial charge >= 0.3 is 18.1 Å². The lowest BCUT2D eigenvalue weighted by molar-refractivity contribution is -0.192. The number of alkyl halides is 3. The number of rotatable bonds is 13. The Hall–Kier alpha value is -4.72. The van der Waals surface area contributed by atoms with Crippen LogP contribution < -0.4 is 16.0 Å². The number of carbonyl (C=O) groups excluding carboxylic acids is 2. The summed E-state index contributed by atoms with van der Waals surface area (Å²) in [6.45, 7) is 0.419. The Bertz CT molecular complexity index is 1410. The summed E-state index contributed by atoms with van der Waals surface area (Å²) in [6.07, 6.45) is -2.05. The number of carbonyl (C=O) groups is 4. The summed E-state index contributed by atoms with van der Waals surface area (Å²) in [4.78, 5) is 48.9. The highest BCUT2D eigenvalue weighted by Crippen LogP contribution is 2.27. The smallest absolute Gasteiger partial charge is 0.481 e. The van der Waals surface area contributed by atoms with E-state index in [0.29, 0.717) is 24.1 Å². The zero-order chi connectivity index (χ0) is 32.7. The van der Waals surface area contributed by atoms with Crippen LogP contribution >= 0.6 is 11.6 Å². The summed E-state index contributed by atoms with van der Waals surface area (Å²) in [7, 11) is 0. The van der Waals surface area contributed by atoms with Crippen molar-refractivity contribution in [3.05, 3.63) is 83.3 Å². The molecule has 1 heterocycles. The van der Waals surface area contributed by atoms with Gasteiger partial charge in [-0.3, -0.25) is 14.4 Å². The van der Waals surface area contributed by atoms with Crippen molar-refractivity contribution in [1.82, 2.24) is 15.6 Å². The molecule has 236 valence electrons. The zero-order valence-electron chi connectivity index (χ0n) is 23.0. The number of carboxylic acid groups (broad SMARTS) is 2. The maximum Gasteiger partial charge on any atom is 0.490 e. The van der Waals surface area contributed by atoms with Gasteiger partial charge in [0.15, 0.2) is 0 Å². The second kappa shape index (κ2) is 17.4. The summed E-state index contributed by atoms with van der Waals surface area (Å²) >= 11 is 5.85. The number of nitrogens with zero attached hydrogens (tertiary/aromatic N) is 1. The molecule has 1 unspecified atom stereocenters. The minimum absolute atomic E-state index is 0.000733. The fraction of sp³-hybridized carbons (Fsp3) is 0.276. The number of pyridine rings is 1. The van der Waals surface area contributed by atoms with Gasteiger partial charge in [0.25, 0.3) is 0 Å². The Labute approximate surface area is 254 Å². The van der Waals surface area contributed by atoms with Crippen molar-refractivity contribution in [3.8, 4) is 11.1 Å². The molecule has 0 aliphatic rings. The van der Waals surface area contributed by atoms with E-state index in [1.54, 1.807) is 36.5 Å². The second-order valence-electron chi connectivity index (χ2n) is 9.15. The Kier molecular flexibility index (Phi) is 14.0. The molecule has 10 nitrogen and oxygen atoms in total. The van der Waals surface area contributed by atoms with Crippen molar-refractivity contribution in [2.75, 3.05) is 18.4 Å². The fourth-order valence-corrected chi connectivity index (χ4v) is 3.80. The molecule has 1 aromatic heterocycles. The lowest BCUT2D eigenvalue weighted by atomic mass is 9.99. The number of carboxylic acids is 2. The molecule has 0 spiro atoms. The van der Waals surface area contributed by atoms with Crippen molar-refractivity contribution in [3.63, 3.8) is 0 Å². The number of halogens is 5. The van der Waals surface area contributed by atoms with E-state index in [9.17, 15) is 37.1 Å². The van der Waals surface area contributed by atoms with Gasteiger partial charge < -0.3 is 26.2 Å². The summed E-state index contributed by atoms with van der Waals surface area (Å²) in [5.41, 5.74) is 2.04. The Morgan fingerprint density at radius 1 is 0.909 bits per heavy atom. The van der Waals surface area contributed by atoms with Crippen LogP contribution in [0.1, 0.15) is 37.3 Å². The SMILES string of the molecule is O=C(O)C(F)(F)F.O=C(O)CC(NC(=O)CNC(=O)CCCCNc1ccccn1)c1ccc(-c2ccc(F)c(Cl)c2)cc1. The molecule has 5 N–H and O–H groups in total. The third-order valence-corrected chi connectivity index (χ3v) is 6.06. The van der Waals surface area contributed by atoms with E-state index in [1.807, 2.05) is 18.2 Å². The summed E-state index contributed by atoms with van der Waals surface area (Å²) in [5.74, 6) is -4.34. The second-order valence-corrected chi connectivity index (χ2v) is 9.55. The van der Waals surface area contributed by atoms with E-state index in [2.05, 4.69) is 20.9 Å². The molecular formula is C29H29ClF4N4O6. The first kappa shape index (κ1) is 35.5. The summed E-state index contributed by atoms with van der Waals surface area (Å²) in [5, 5.41) is 24.8. The molecule has 3 aromatic rings. The minimum Gasteiger partial charge on any atom is -0.481 e. The van der Waals surface area contributed by atoms with Crippen LogP contribution in [0, 0.1) is 5.82 Å². The standard InChI is InChI=1S/C27H28ClFN4O4.C2HF3O2/c28-21-15-20(11-12-22(21)29)18-7-9-19(10-8-18)23(16-27(36)37)33-26(35)17-32-25(34)6-2-4-14-31-24-5-1-3-13-30-24;3-2(4,5)1(6)7/h1,3,5,7-13,15,23H,2,4,6,14,16-17H2,(H,30,31)(H,32,34)(H,33,35)(H,36,37);(H,6,7). The van der Waals surface area contributed by atoms with E-state index in [0.717, 1.165) is 17.8 Å². The predicted molar refractivity (Wildman–Crippen MR) is 153 cm³/mol. The molecule has 3 rings (SSSR count). The van der Waals surface area contributed by atoms with Crippen LogP contribution in [0.25, 0.3) is 11.1 Å². The average molecular weight is 641 g/mol. The first-order chi connectivity index (χ1) is 20.8. The molecule has 0 aliphatic carbocycles. The molecule has 15 heteroatoms. The number of nitrogens with one attached hydrogen (secondary N) is 3. The monoisotopic (exact) mass is 640 g/mol. The highest BCUT2D eigenvalue weighted by molar-refractivity contribution is 6.31. The van der Waals surface area contributed by atoms with E-state index >= 15 is 0 Å². The fourth-order valence-electron chi connectivity index (χ4n) is 3.62. The summed E-state index contributed by atoms with van der Waals surface area (Å²) < 4.78 is 45.2. The van der Waals surface area contributed by atoms with E-state index in [-0.39, 0.29) is 30.3 Å². The van der Waals surface area contributed by atoms with E-state index < -0.39 is 35.9 Å². The molecule has 1 atom stereocenters. The maximum absolute atomic E-state index is 13.4. The molecule has 0 fully saturated rings. The van der Waals surface area contributed by atoms with Gasteiger partial charge in [-0.2, -0.15) is 13.2 Å². The molecule has 2 amide bonds. The predicted octanol–water partition coefficient (Wildman–Crippen LogP) is 5.21. The largest absolute Gasteiger partial charge is 0.490 e. The van der Waals surface area contributed by atoms with Crippen LogP contribution in [0.5, 0.6) is 0 Å². The van der Waals surface area contributed by atoms with E-state index in [4.69, 9.17) is 21.5 Å². The number of hydrogen-bond donors (Lipinski definition) is 5. The third-order valence-electron chi connectivity index (χ3n) is 5.77. The van der Waals surface area contributed by atoms with Gasteiger partial charge in [0, 0.05) is 19.2 Å². The van der Waals surface area contributed by atoms with Crippen molar-refractivity contribution >= 4 is 41.2 Å². The minimum atomic E-state index is -5.08. The zero-order valence-corrected chi connectivity index (χ0v) is 23.8. The number of aliphatic carboxylic acids is 2. The van der Waals surface area contributed by atoms with E-state index in [1.165, 1.54) is 12.1 Å². The van der Waals surface area contributed by atoms with Gasteiger partial charge in [-0.15, -0.1) is 0 Å². The van der Waals surface area contributed by atoms with Crippen LogP contribution in [-0.4, -0.2) is 58.2 Å². The lowest BCUT2D eigenvalue weighted by Gasteiger charge is -2.18. The number of anilines is 1. The Balaban J connectivity index is 0.000000860. The highest BCUT2D eigenvalue weighted by atomic mass is 35.5. The topological polar surface area (TPSA) is 158 Å². The van der Waals surface area contributed by atoms with Crippen molar-refractivity contribution in [2.45, 2.75) is 37.9 Å². The molecule has 44 heavy (non-hydrogen) atoms. The highest BCUT2D eigenvalue weighted by Gasteiger charge is 2.38. The van der Waals surface area contributed by atoms with Crippen molar-refractivity contribution in [1.29, 1.82) is 0 Å². The van der Waals surface area contributed by atoms with Crippen molar-refractivity contribution in [2.24, 2.45) is 0 Å². The maximum atomic E-state index is 13.4. The summed E-state index contributed by atoms with van der Waals surface area (Å²) in [6, 6.07) is 16.0. The van der Waals surface area contributed by atoms with Gasteiger partial charge in [-0.25, -0.2) is 14.2 Å². The quantitative estimate of drug-likeness (QED) is 0.126. The van der Waals surface area contributed by atoms with Crippen LogP contribution in [0.3, 0.4) is 0 Å². The molecule has 0 aliphatic heterocycles. The molecule has 0 saturated carbocycles. The number of aromatic nitrogens is 1. The molecule has 0 radical (unpaired) electrons. The lowest BCUT2D eigenvalue weighted by Crippen LogP contribution is -2.39. The third kappa shape index (κ3) is 13.1. The molecule has 0 saturated heterocycles. The molecule has 2 aromatic carbocycles. The van der Waals surface area contributed by atoms with Gasteiger partial charge in [-0.05, 0) is 53.8 Å². The Morgan fingerprint density at radius 3 is 2.14 bits per heavy atom. The van der Waals surface area contributed by atoms with Crippen LogP contribution in [0.4, 0.5) is 23.4 Å². The van der Waals surface area contributed by atoms with Gasteiger partial charge in [0.1, 0.15) is 11.6 Å². The van der Waals surface area contributed by atoms with Crippen LogP contribution in [0.15, 0.2) is 66.9 Å². The normalized spacial score (nSPS) is 11.4. The number of hydrogen-bond acceptors (Lipinski definition) is 6. The average Bonchev–Trinajstić information content (AvgIpc) is 2.97. The van der Waals surface area contributed by atoms with Crippen molar-refractivity contribution < 1.29 is 47.0 Å². The molecule has 0 bridgehead atoms. The van der Waals surface area contributed by atoms with Crippen LogP contribution in [0.2, 0.25) is 5.02 Å². The van der Waals surface area contributed by atoms with Gasteiger partial charge in [0.05, 0.1) is 24.0 Å². The Morgan fingerprint density at radius 2 is 1.57 bits per heavy atom. The van der Waals surface area contributed by atoms with Gasteiger partial charge in [0.2, 0.25) is 11.8 Å². The number of benzene rings is 2. The van der Waals surface area contributed by atoms with Crippen LogP contribution in [-0.2, 0) is 19.2 Å². The number of amides is 2. The first-order valence-corrected chi connectivity index (χ1v) is 13.4.